The van der Waals surface area contributed by atoms with Gasteiger partial charge < -0.3 is 9.64 Å². The highest BCUT2D eigenvalue weighted by molar-refractivity contribution is 7.89. The van der Waals surface area contributed by atoms with Crippen LogP contribution in [0.25, 0.3) is 0 Å². The number of aryl methyl sites for hydroxylation is 2. The van der Waals surface area contributed by atoms with Crippen molar-refractivity contribution < 1.29 is 13.2 Å². The van der Waals surface area contributed by atoms with Gasteiger partial charge in [-0.3, -0.25) is 0 Å². The zero-order valence-corrected chi connectivity index (χ0v) is 15.7. The average molecular weight is 360 g/mol. The van der Waals surface area contributed by atoms with Gasteiger partial charge in [-0.05, 0) is 49.2 Å². The summed E-state index contributed by atoms with van der Waals surface area (Å²) in [5.41, 5.74) is 3.68. The first-order valence-electron chi connectivity index (χ1n) is 8.39. The number of methoxy groups -OCH3 is 1. The second-order valence-corrected chi connectivity index (χ2v) is 8.25. The van der Waals surface area contributed by atoms with Gasteiger partial charge in [0.05, 0.1) is 12.0 Å². The summed E-state index contributed by atoms with van der Waals surface area (Å²) >= 11 is 0. The fourth-order valence-electron chi connectivity index (χ4n) is 3.35. The summed E-state index contributed by atoms with van der Waals surface area (Å²) in [5.74, 6) is 0.652. The van der Waals surface area contributed by atoms with E-state index in [0.717, 1.165) is 0 Å². The molecule has 0 unspecified atom stereocenters. The summed E-state index contributed by atoms with van der Waals surface area (Å²) in [5, 5.41) is 0. The molecule has 0 amide bonds. The van der Waals surface area contributed by atoms with Crippen molar-refractivity contribution in [1.82, 2.24) is 4.31 Å². The number of rotatable bonds is 4. The lowest BCUT2D eigenvalue weighted by Gasteiger charge is -2.36. The average Bonchev–Trinajstić information content (AvgIpc) is 2.62. The van der Waals surface area contributed by atoms with Gasteiger partial charge in [0.1, 0.15) is 5.75 Å². The summed E-state index contributed by atoms with van der Waals surface area (Å²) in [7, 11) is -1.90. The Labute approximate surface area is 149 Å². The third-order valence-electron chi connectivity index (χ3n) is 4.69. The Morgan fingerprint density at radius 1 is 0.880 bits per heavy atom. The van der Waals surface area contributed by atoms with E-state index < -0.39 is 10.0 Å². The zero-order chi connectivity index (χ0) is 18.0. The van der Waals surface area contributed by atoms with E-state index in [9.17, 15) is 8.42 Å². The van der Waals surface area contributed by atoms with Crippen LogP contribution in [0.3, 0.4) is 0 Å². The molecule has 25 heavy (non-hydrogen) atoms. The summed E-state index contributed by atoms with van der Waals surface area (Å²) in [6, 6.07) is 12.8. The molecule has 0 aromatic heterocycles. The Kier molecular flexibility index (Phi) is 5.01. The van der Waals surface area contributed by atoms with E-state index in [4.69, 9.17) is 4.74 Å². The molecule has 1 fully saturated rings. The van der Waals surface area contributed by atoms with Gasteiger partial charge in [-0.2, -0.15) is 4.31 Å². The van der Waals surface area contributed by atoms with Crippen molar-refractivity contribution in [2.75, 3.05) is 38.2 Å². The number of sulfonamides is 1. The van der Waals surface area contributed by atoms with Gasteiger partial charge in [-0.15, -0.1) is 0 Å². The number of hydrogen-bond acceptors (Lipinski definition) is 4. The molecule has 2 aromatic rings. The highest BCUT2D eigenvalue weighted by atomic mass is 32.2. The van der Waals surface area contributed by atoms with Crippen molar-refractivity contribution >= 4 is 15.7 Å². The molecule has 1 saturated heterocycles. The van der Waals surface area contributed by atoms with Crippen LogP contribution in [0.2, 0.25) is 0 Å². The maximum absolute atomic E-state index is 12.8. The smallest absolute Gasteiger partial charge is 0.243 e. The molecule has 1 aliphatic heterocycles. The second-order valence-electron chi connectivity index (χ2n) is 6.31. The zero-order valence-electron chi connectivity index (χ0n) is 14.9. The normalized spacial score (nSPS) is 16.0. The van der Waals surface area contributed by atoms with Crippen molar-refractivity contribution in [2.45, 2.75) is 18.7 Å². The van der Waals surface area contributed by atoms with Gasteiger partial charge in [-0.1, -0.05) is 18.2 Å². The summed E-state index contributed by atoms with van der Waals surface area (Å²) in [4.78, 5) is 2.60. The van der Waals surface area contributed by atoms with Crippen LogP contribution in [0.1, 0.15) is 11.1 Å². The lowest BCUT2D eigenvalue weighted by molar-refractivity contribution is 0.384. The van der Waals surface area contributed by atoms with Gasteiger partial charge in [0.2, 0.25) is 10.0 Å². The number of piperazine rings is 1. The largest absolute Gasteiger partial charge is 0.497 e. The molecule has 3 rings (SSSR count). The highest BCUT2D eigenvalue weighted by Gasteiger charge is 2.29. The Morgan fingerprint density at radius 3 is 1.96 bits per heavy atom. The molecule has 0 radical (unpaired) electrons. The fraction of sp³-hybridized carbons (Fsp3) is 0.368. The van der Waals surface area contributed by atoms with Crippen LogP contribution in [0.15, 0.2) is 47.4 Å². The van der Waals surface area contributed by atoms with Crippen LogP contribution in [-0.2, 0) is 10.0 Å². The SMILES string of the molecule is COc1ccc(S(=O)(=O)N2CCN(c3c(C)cccc3C)CC2)cc1. The van der Waals surface area contributed by atoms with E-state index in [1.54, 1.807) is 35.7 Å². The van der Waals surface area contributed by atoms with Crippen LogP contribution in [-0.4, -0.2) is 46.0 Å². The number of hydrogen-bond donors (Lipinski definition) is 0. The van der Waals surface area contributed by atoms with Gasteiger partial charge in [0.15, 0.2) is 0 Å². The fourth-order valence-corrected chi connectivity index (χ4v) is 4.78. The predicted molar refractivity (Wildman–Crippen MR) is 99.9 cm³/mol. The van der Waals surface area contributed by atoms with Crippen LogP contribution in [0.4, 0.5) is 5.69 Å². The molecular weight excluding hydrogens is 336 g/mol. The first kappa shape index (κ1) is 17.8. The number of anilines is 1. The van der Waals surface area contributed by atoms with E-state index >= 15 is 0 Å². The minimum atomic E-state index is -3.46. The van der Waals surface area contributed by atoms with Crippen LogP contribution < -0.4 is 9.64 Å². The minimum Gasteiger partial charge on any atom is -0.497 e. The first-order valence-corrected chi connectivity index (χ1v) is 9.83. The van der Waals surface area contributed by atoms with E-state index in [-0.39, 0.29) is 0 Å². The highest BCUT2D eigenvalue weighted by Crippen LogP contribution is 2.27. The van der Waals surface area contributed by atoms with Crippen molar-refractivity contribution in [1.29, 1.82) is 0 Å². The number of para-hydroxylation sites is 1. The van der Waals surface area contributed by atoms with Crippen molar-refractivity contribution in [3.8, 4) is 5.75 Å². The maximum atomic E-state index is 12.8. The Hall–Kier alpha value is -2.05. The number of nitrogens with zero attached hydrogens (tertiary/aromatic N) is 2. The van der Waals surface area contributed by atoms with E-state index in [1.807, 2.05) is 0 Å². The lowest BCUT2D eigenvalue weighted by atomic mass is 10.1. The van der Waals surface area contributed by atoms with Crippen LogP contribution in [0.5, 0.6) is 5.75 Å². The van der Waals surface area contributed by atoms with Gasteiger partial charge in [-0.25, -0.2) is 8.42 Å². The summed E-state index contributed by atoms with van der Waals surface area (Å²) in [6.45, 7) is 6.57. The topological polar surface area (TPSA) is 49.9 Å². The molecule has 0 spiro atoms. The summed E-state index contributed by atoms with van der Waals surface area (Å²) in [6.07, 6.45) is 0. The molecule has 1 aliphatic rings. The maximum Gasteiger partial charge on any atom is 0.243 e. The van der Waals surface area contributed by atoms with Gasteiger partial charge in [0, 0.05) is 31.9 Å². The number of benzene rings is 2. The van der Waals surface area contributed by atoms with Gasteiger partial charge in [0.25, 0.3) is 0 Å². The van der Waals surface area contributed by atoms with Crippen LogP contribution >= 0.6 is 0 Å². The van der Waals surface area contributed by atoms with Crippen molar-refractivity contribution in [3.63, 3.8) is 0 Å². The summed E-state index contributed by atoms with van der Waals surface area (Å²) < 4.78 is 32.3. The molecular formula is C19H24N2O3S. The first-order chi connectivity index (χ1) is 11.9. The van der Waals surface area contributed by atoms with E-state index in [2.05, 4.69) is 36.9 Å². The molecule has 134 valence electrons. The third kappa shape index (κ3) is 3.50. The Bertz CT molecular complexity index is 819. The monoisotopic (exact) mass is 360 g/mol. The predicted octanol–water partition coefficient (Wildman–Crippen LogP) is 2.82. The molecule has 2 aromatic carbocycles. The van der Waals surface area contributed by atoms with Gasteiger partial charge >= 0.3 is 0 Å². The molecule has 0 bridgehead atoms. The molecule has 1 heterocycles. The molecule has 6 heteroatoms. The molecule has 0 atom stereocenters. The van der Waals surface area contributed by atoms with Crippen molar-refractivity contribution in [2.24, 2.45) is 0 Å². The molecule has 0 aliphatic carbocycles. The standard InChI is InChI=1S/C19H24N2O3S/c1-15-5-4-6-16(2)19(15)20-11-13-21(14-12-20)25(22,23)18-9-7-17(24-3)8-10-18/h4-10H,11-14H2,1-3H3. The Morgan fingerprint density at radius 2 is 1.44 bits per heavy atom. The molecule has 0 saturated carbocycles. The second kappa shape index (κ2) is 7.06. The van der Waals surface area contributed by atoms with Crippen LogP contribution in [0, 0.1) is 13.8 Å². The quantitative estimate of drug-likeness (QED) is 0.841. The molecule has 0 N–H and O–H groups in total. The van der Waals surface area contributed by atoms with E-state index in [1.165, 1.54) is 16.8 Å². The van der Waals surface area contributed by atoms with Crippen molar-refractivity contribution in [3.05, 3.63) is 53.6 Å². The minimum absolute atomic E-state index is 0.314. The lowest BCUT2D eigenvalue weighted by Crippen LogP contribution is -2.49. The van der Waals surface area contributed by atoms with E-state index in [0.29, 0.717) is 36.8 Å². The Balaban J connectivity index is 1.75. The molecule has 5 nitrogen and oxygen atoms in total. The number of ether oxygens (including phenoxy) is 1. The third-order valence-corrected chi connectivity index (χ3v) is 6.60.